The number of amides is 1. The number of esters is 1. The number of ether oxygens (including phenoxy) is 1. The molecule has 8 heteroatoms. The number of carbonyl (C=O) groups is 2. The molecule has 0 bridgehead atoms. The van der Waals surface area contributed by atoms with Crippen molar-refractivity contribution in [3.8, 4) is 0 Å². The Bertz CT molecular complexity index is 726. The molecule has 0 unspecified atom stereocenters. The van der Waals surface area contributed by atoms with Crippen LogP contribution in [0.25, 0.3) is 0 Å². The summed E-state index contributed by atoms with van der Waals surface area (Å²) in [6.07, 6.45) is 6.10. The van der Waals surface area contributed by atoms with Crippen molar-refractivity contribution in [3.63, 3.8) is 0 Å². The van der Waals surface area contributed by atoms with Crippen molar-refractivity contribution >= 4 is 27.6 Å². The van der Waals surface area contributed by atoms with Gasteiger partial charge in [-0.2, -0.15) is 0 Å². The highest BCUT2D eigenvalue weighted by Crippen LogP contribution is 2.24. The third kappa shape index (κ3) is 5.19. The summed E-state index contributed by atoms with van der Waals surface area (Å²) in [7, 11) is -2.53. The van der Waals surface area contributed by atoms with Gasteiger partial charge in [0.2, 0.25) is 15.9 Å². The van der Waals surface area contributed by atoms with E-state index in [4.69, 9.17) is 4.74 Å². The van der Waals surface area contributed by atoms with E-state index in [1.807, 2.05) is 0 Å². The number of methoxy groups -OCH3 is 1. The molecule has 0 radical (unpaired) electrons. The van der Waals surface area contributed by atoms with Crippen molar-refractivity contribution in [3.05, 3.63) is 29.8 Å². The first kappa shape index (κ1) is 19.2. The minimum atomic E-state index is -3.75. The number of benzene rings is 1. The molecule has 0 heterocycles. The number of rotatable bonds is 6. The highest BCUT2D eigenvalue weighted by molar-refractivity contribution is 7.92. The van der Waals surface area contributed by atoms with Gasteiger partial charge in [-0.1, -0.05) is 31.4 Å². The summed E-state index contributed by atoms with van der Waals surface area (Å²) in [5.74, 6) is -1.03. The molecule has 1 amide bonds. The summed E-state index contributed by atoms with van der Waals surface area (Å²) in [4.78, 5) is 24.3. The number of nitrogens with zero attached hydrogens (tertiary/aromatic N) is 1. The second-order valence-corrected chi connectivity index (χ2v) is 8.09. The monoisotopic (exact) mass is 368 g/mol. The van der Waals surface area contributed by atoms with Gasteiger partial charge in [-0.05, 0) is 25.0 Å². The van der Waals surface area contributed by atoms with E-state index in [-0.39, 0.29) is 29.7 Å². The van der Waals surface area contributed by atoms with E-state index in [2.05, 4.69) is 5.32 Å². The summed E-state index contributed by atoms with van der Waals surface area (Å²) in [5.41, 5.74) is 0.233. The molecule has 0 aromatic heterocycles. The number of hydrogen-bond donors (Lipinski definition) is 1. The van der Waals surface area contributed by atoms with Crippen LogP contribution in [0.4, 0.5) is 5.69 Å². The zero-order valence-electron chi connectivity index (χ0n) is 14.5. The van der Waals surface area contributed by atoms with Gasteiger partial charge in [0.1, 0.15) is 6.54 Å². The number of anilines is 1. The Morgan fingerprint density at radius 3 is 2.44 bits per heavy atom. The van der Waals surface area contributed by atoms with E-state index >= 15 is 0 Å². The predicted molar refractivity (Wildman–Crippen MR) is 95.0 cm³/mol. The fourth-order valence-corrected chi connectivity index (χ4v) is 3.87. The van der Waals surface area contributed by atoms with Gasteiger partial charge in [-0.25, -0.2) is 13.2 Å². The molecule has 1 aromatic carbocycles. The zero-order valence-corrected chi connectivity index (χ0v) is 15.3. The first-order chi connectivity index (χ1) is 11.8. The quantitative estimate of drug-likeness (QED) is 0.771. The lowest BCUT2D eigenvalue weighted by Gasteiger charge is -2.26. The topological polar surface area (TPSA) is 92.8 Å². The molecule has 25 heavy (non-hydrogen) atoms. The summed E-state index contributed by atoms with van der Waals surface area (Å²) < 4.78 is 30.1. The third-order valence-corrected chi connectivity index (χ3v) is 5.36. The van der Waals surface area contributed by atoms with Crippen LogP contribution in [-0.4, -0.2) is 46.2 Å². The summed E-state index contributed by atoms with van der Waals surface area (Å²) >= 11 is 0. The number of carbonyl (C=O) groups excluding carboxylic acids is 2. The molecule has 1 N–H and O–H groups in total. The molecule has 0 saturated heterocycles. The maximum absolute atomic E-state index is 12.4. The molecule has 0 aliphatic heterocycles. The van der Waals surface area contributed by atoms with Crippen LogP contribution in [0.1, 0.15) is 42.5 Å². The van der Waals surface area contributed by atoms with E-state index in [0.717, 1.165) is 42.7 Å². The van der Waals surface area contributed by atoms with Crippen molar-refractivity contribution in [2.45, 2.75) is 38.1 Å². The number of para-hydroxylation sites is 1. The highest BCUT2D eigenvalue weighted by Gasteiger charge is 2.26. The van der Waals surface area contributed by atoms with Gasteiger partial charge < -0.3 is 10.1 Å². The highest BCUT2D eigenvalue weighted by atomic mass is 32.2. The van der Waals surface area contributed by atoms with E-state index in [1.165, 1.54) is 19.2 Å². The molecule has 2 rings (SSSR count). The van der Waals surface area contributed by atoms with Gasteiger partial charge >= 0.3 is 5.97 Å². The average Bonchev–Trinajstić information content (AvgIpc) is 2.59. The molecular formula is C17H24N2O5S. The van der Waals surface area contributed by atoms with Gasteiger partial charge in [0, 0.05) is 6.04 Å². The Balaban J connectivity index is 2.23. The van der Waals surface area contributed by atoms with Gasteiger partial charge in [0.05, 0.1) is 24.6 Å². The molecule has 1 saturated carbocycles. The van der Waals surface area contributed by atoms with E-state index < -0.39 is 16.0 Å². The molecule has 7 nitrogen and oxygen atoms in total. The Hall–Kier alpha value is -2.09. The molecule has 1 aliphatic carbocycles. The smallest absolute Gasteiger partial charge is 0.340 e. The van der Waals surface area contributed by atoms with Crippen LogP contribution in [0.3, 0.4) is 0 Å². The second-order valence-electron chi connectivity index (χ2n) is 6.18. The number of sulfonamides is 1. The van der Waals surface area contributed by atoms with Crippen LogP contribution in [0.5, 0.6) is 0 Å². The van der Waals surface area contributed by atoms with Crippen LogP contribution in [0, 0.1) is 0 Å². The van der Waals surface area contributed by atoms with Crippen molar-refractivity contribution in [2.75, 3.05) is 24.2 Å². The molecule has 1 aliphatic rings. The standard InChI is InChI=1S/C17H24N2O5S/c1-24-17(21)14-10-6-7-11-15(14)19(25(2,22)23)12-16(20)18-13-8-4-3-5-9-13/h6-7,10-11,13H,3-5,8-9,12H2,1-2H3,(H,18,20). The van der Waals surface area contributed by atoms with E-state index in [1.54, 1.807) is 12.1 Å². The molecular weight excluding hydrogens is 344 g/mol. The van der Waals surface area contributed by atoms with Gasteiger partial charge in [0.15, 0.2) is 0 Å². The first-order valence-electron chi connectivity index (χ1n) is 8.27. The lowest BCUT2D eigenvalue weighted by molar-refractivity contribution is -0.120. The normalized spacial score (nSPS) is 15.4. The molecule has 1 fully saturated rings. The molecule has 1 aromatic rings. The Kier molecular flexibility index (Phi) is 6.41. The van der Waals surface area contributed by atoms with Crippen LogP contribution in [0.2, 0.25) is 0 Å². The maximum Gasteiger partial charge on any atom is 0.340 e. The van der Waals surface area contributed by atoms with E-state index in [9.17, 15) is 18.0 Å². The lowest BCUT2D eigenvalue weighted by atomic mass is 9.95. The van der Waals surface area contributed by atoms with Crippen molar-refractivity contribution in [1.82, 2.24) is 5.32 Å². The van der Waals surface area contributed by atoms with Crippen LogP contribution >= 0.6 is 0 Å². The van der Waals surface area contributed by atoms with Crippen molar-refractivity contribution < 1.29 is 22.7 Å². The van der Waals surface area contributed by atoms with Gasteiger partial charge in [0.25, 0.3) is 0 Å². The lowest BCUT2D eigenvalue weighted by Crippen LogP contribution is -2.45. The number of hydrogen-bond acceptors (Lipinski definition) is 5. The average molecular weight is 368 g/mol. The Labute approximate surface area is 148 Å². The van der Waals surface area contributed by atoms with Crippen LogP contribution in [0.15, 0.2) is 24.3 Å². The minimum absolute atomic E-state index is 0.0820. The van der Waals surface area contributed by atoms with Crippen molar-refractivity contribution in [1.29, 1.82) is 0 Å². The molecule has 138 valence electrons. The fraction of sp³-hybridized carbons (Fsp3) is 0.529. The predicted octanol–water partition coefficient (Wildman–Crippen LogP) is 1.69. The minimum Gasteiger partial charge on any atom is -0.465 e. The van der Waals surface area contributed by atoms with Crippen LogP contribution < -0.4 is 9.62 Å². The summed E-state index contributed by atoms with van der Waals surface area (Å²) in [6, 6.07) is 6.26. The third-order valence-electron chi connectivity index (χ3n) is 4.24. The second kappa shape index (κ2) is 8.33. The summed E-state index contributed by atoms with van der Waals surface area (Å²) in [5, 5.41) is 2.89. The summed E-state index contributed by atoms with van der Waals surface area (Å²) in [6.45, 7) is -0.372. The Morgan fingerprint density at radius 1 is 1.20 bits per heavy atom. The SMILES string of the molecule is COC(=O)c1ccccc1N(CC(=O)NC1CCCCC1)S(C)(=O)=O. The van der Waals surface area contributed by atoms with Crippen molar-refractivity contribution in [2.24, 2.45) is 0 Å². The Morgan fingerprint density at radius 2 is 1.84 bits per heavy atom. The van der Waals surface area contributed by atoms with Crippen LogP contribution in [-0.2, 0) is 19.6 Å². The van der Waals surface area contributed by atoms with Gasteiger partial charge in [-0.15, -0.1) is 0 Å². The molecule has 0 atom stereocenters. The fourth-order valence-electron chi connectivity index (χ4n) is 3.01. The largest absolute Gasteiger partial charge is 0.465 e. The maximum atomic E-state index is 12.4. The van der Waals surface area contributed by atoms with E-state index in [0.29, 0.717) is 0 Å². The first-order valence-corrected chi connectivity index (χ1v) is 10.1. The molecule has 0 spiro atoms. The number of nitrogens with one attached hydrogen (secondary N) is 1. The zero-order chi connectivity index (χ0) is 18.4. The van der Waals surface area contributed by atoms with Gasteiger partial charge in [-0.3, -0.25) is 9.10 Å².